The molecule has 0 bridgehead atoms. The molecule has 0 saturated carbocycles. The summed E-state index contributed by atoms with van der Waals surface area (Å²) in [4.78, 5) is 28.8. The first-order chi connectivity index (χ1) is 14.5. The van der Waals surface area contributed by atoms with Crippen molar-refractivity contribution in [3.8, 4) is 22.6 Å². The van der Waals surface area contributed by atoms with E-state index in [0.29, 0.717) is 31.7 Å². The highest BCUT2D eigenvalue weighted by atomic mass is 16.3. The number of carbonyl (C=O) groups excluding carboxylic acids is 2. The van der Waals surface area contributed by atoms with E-state index in [-0.39, 0.29) is 28.9 Å². The van der Waals surface area contributed by atoms with Gasteiger partial charge in [-0.25, -0.2) is 0 Å². The smallest absolute Gasteiger partial charge is 0.254 e. The van der Waals surface area contributed by atoms with Crippen LogP contribution in [-0.2, 0) is 0 Å². The Morgan fingerprint density at radius 2 is 1.07 bits per heavy atom. The summed E-state index contributed by atoms with van der Waals surface area (Å²) in [5, 5.41) is 19.2. The third-order valence-corrected chi connectivity index (χ3v) is 5.24. The highest BCUT2D eigenvalue weighted by molar-refractivity contribution is 5.96. The Bertz CT molecular complexity index is 1040. The normalized spacial score (nSPS) is 13.9. The number of phenols is 2. The molecule has 30 heavy (non-hydrogen) atoms. The van der Waals surface area contributed by atoms with Crippen LogP contribution in [0.2, 0.25) is 0 Å². The van der Waals surface area contributed by atoms with Gasteiger partial charge in [0.15, 0.2) is 0 Å². The summed E-state index contributed by atoms with van der Waals surface area (Å²) in [5.41, 5.74) is 3.00. The Morgan fingerprint density at radius 3 is 1.60 bits per heavy atom. The first kappa shape index (κ1) is 19.5. The van der Waals surface area contributed by atoms with Crippen molar-refractivity contribution in [2.45, 2.75) is 0 Å². The van der Waals surface area contributed by atoms with Crippen LogP contribution in [0.5, 0.6) is 11.5 Å². The third-order valence-electron chi connectivity index (χ3n) is 5.24. The molecule has 1 saturated heterocycles. The zero-order chi connectivity index (χ0) is 21.1. The predicted molar refractivity (Wildman–Crippen MR) is 113 cm³/mol. The molecule has 0 unspecified atom stereocenters. The molecule has 0 spiro atoms. The molecule has 4 rings (SSSR count). The Hall–Kier alpha value is -3.80. The first-order valence-electron chi connectivity index (χ1n) is 9.78. The molecule has 0 aliphatic carbocycles. The molecule has 0 radical (unpaired) electrons. The van der Waals surface area contributed by atoms with Crippen molar-refractivity contribution in [3.05, 3.63) is 83.9 Å². The van der Waals surface area contributed by atoms with Gasteiger partial charge in [-0.1, -0.05) is 42.5 Å². The Morgan fingerprint density at radius 1 is 0.600 bits per heavy atom. The number of aromatic hydroxyl groups is 2. The van der Waals surface area contributed by atoms with Crippen LogP contribution in [0.4, 0.5) is 0 Å². The number of amides is 2. The summed E-state index contributed by atoms with van der Waals surface area (Å²) in [5.74, 6) is -0.658. The fourth-order valence-corrected chi connectivity index (χ4v) is 3.63. The van der Waals surface area contributed by atoms with Crippen molar-refractivity contribution in [1.82, 2.24) is 9.80 Å². The fourth-order valence-electron chi connectivity index (χ4n) is 3.63. The van der Waals surface area contributed by atoms with Crippen LogP contribution in [0.1, 0.15) is 20.7 Å². The quantitative estimate of drug-likeness (QED) is 0.704. The second-order valence-corrected chi connectivity index (χ2v) is 7.27. The minimum absolute atomic E-state index is 0.0586. The van der Waals surface area contributed by atoms with Crippen molar-refractivity contribution in [2.75, 3.05) is 26.2 Å². The van der Waals surface area contributed by atoms with Crippen molar-refractivity contribution in [3.63, 3.8) is 0 Å². The zero-order valence-corrected chi connectivity index (χ0v) is 16.4. The van der Waals surface area contributed by atoms with Gasteiger partial charge in [0.2, 0.25) is 0 Å². The lowest BCUT2D eigenvalue weighted by Gasteiger charge is -2.35. The number of carbonyl (C=O) groups is 2. The zero-order valence-electron chi connectivity index (χ0n) is 16.4. The summed E-state index contributed by atoms with van der Waals surface area (Å²) in [6.07, 6.45) is 0. The van der Waals surface area contributed by atoms with Crippen LogP contribution in [0, 0.1) is 0 Å². The molecule has 1 aliphatic rings. The highest BCUT2D eigenvalue weighted by Crippen LogP contribution is 2.23. The number of piperazine rings is 1. The maximum Gasteiger partial charge on any atom is 0.254 e. The average Bonchev–Trinajstić information content (AvgIpc) is 2.78. The molecule has 6 nitrogen and oxygen atoms in total. The molecule has 1 heterocycles. The van der Waals surface area contributed by atoms with Gasteiger partial charge in [-0.2, -0.15) is 0 Å². The lowest BCUT2D eigenvalue weighted by Crippen LogP contribution is -2.50. The van der Waals surface area contributed by atoms with Crippen LogP contribution in [0.3, 0.4) is 0 Å². The number of nitrogens with zero attached hydrogens (tertiary/aromatic N) is 2. The van der Waals surface area contributed by atoms with Crippen LogP contribution < -0.4 is 0 Å². The molecule has 3 aromatic carbocycles. The van der Waals surface area contributed by atoms with E-state index in [1.54, 1.807) is 9.80 Å². The standard InChI is InChI=1S/C24H22N2O4/c27-21-14-20(15-22(28)16-21)24(30)26-12-10-25(11-13-26)23(29)19-8-6-18(7-9-19)17-4-2-1-3-5-17/h1-9,14-16,27-28H,10-13H2. The van der Waals surface area contributed by atoms with Gasteiger partial charge < -0.3 is 20.0 Å². The molecule has 0 atom stereocenters. The molecular weight excluding hydrogens is 380 g/mol. The van der Waals surface area contributed by atoms with E-state index in [0.717, 1.165) is 11.1 Å². The average molecular weight is 402 g/mol. The van der Waals surface area contributed by atoms with E-state index in [1.807, 2.05) is 54.6 Å². The molecule has 152 valence electrons. The second kappa shape index (κ2) is 8.29. The van der Waals surface area contributed by atoms with Crippen LogP contribution in [-0.4, -0.2) is 58.0 Å². The summed E-state index contributed by atoms with van der Waals surface area (Å²) >= 11 is 0. The molecule has 0 aromatic heterocycles. The van der Waals surface area contributed by atoms with Gasteiger partial charge in [-0.3, -0.25) is 9.59 Å². The van der Waals surface area contributed by atoms with Crippen molar-refractivity contribution < 1.29 is 19.8 Å². The summed E-state index contributed by atoms with van der Waals surface area (Å²) in [6, 6.07) is 21.4. The molecule has 6 heteroatoms. The van der Waals surface area contributed by atoms with Crippen LogP contribution >= 0.6 is 0 Å². The molecule has 1 fully saturated rings. The molecule has 2 amide bonds. The SMILES string of the molecule is O=C(c1ccc(-c2ccccc2)cc1)N1CCN(C(=O)c2cc(O)cc(O)c2)CC1. The summed E-state index contributed by atoms with van der Waals surface area (Å²) in [7, 11) is 0. The maximum atomic E-state index is 12.8. The maximum absolute atomic E-state index is 12.8. The van der Waals surface area contributed by atoms with Crippen LogP contribution in [0.25, 0.3) is 11.1 Å². The number of benzene rings is 3. The molecule has 3 aromatic rings. The van der Waals surface area contributed by atoms with Gasteiger partial charge in [-0.05, 0) is 35.4 Å². The Kier molecular flexibility index (Phi) is 5.39. The van der Waals surface area contributed by atoms with E-state index in [9.17, 15) is 19.8 Å². The van der Waals surface area contributed by atoms with E-state index >= 15 is 0 Å². The van der Waals surface area contributed by atoms with Crippen LogP contribution in [0.15, 0.2) is 72.8 Å². The number of rotatable bonds is 3. The Balaban J connectivity index is 1.39. The van der Waals surface area contributed by atoms with E-state index in [2.05, 4.69) is 0 Å². The lowest BCUT2D eigenvalue weighted by molar-refractivity contribution is 0.0535. The number of hydrogen-bond acceptors (Lipinski definition) is 4. The van der Waals surface area contributed by atoms with E-state index < -0.39 is 0 Å². The minimum Gasteiger partial charge on any atom is -0.508 e. The summed E-state index contributed by atoms with van der Waals surface area (Å²) < 4.78 is 0. The minimum atomic E-state index is -0.277. The van der Waals surface area contributed by atoms with Gasteiger partial charge in [-0.15, -0.1) is 0 Å². The molecular formula is C24H22N2O4. The van der Waals surface area contributed by atoms with Gasteiger partial charge in [0.1, 0.15) is 11.5 Å². The van der Waals surface area contributed by atoms with E-state index in [4.69, 9.17) is 0 Å². The van der Waals surface area contributed by atoms with Gasteiger partial charge >= 0.3 is 0 Å². The Labute approximate surface area is 174 Å². The van der Waals surface area contributed by atoms with Gasteiger partial charge in [0, 0.05) is 43.4 Å². The lowest BCUT2D eigenvalue weighted by atomic mass is 10.0. The largest absolute Gasteiger partial charge is 0.508 e. The van der Waals surface area contributed by atoms with Gasteiger partial charge in [0.25, 0.3) is 11.8 Å². The topological polar surface area (TPSA) is 81.1 Å². The molecule has 2 N–H and O–H groups in total. The second-order valence-electron chi connectivity index (χ2n) is 7.27. The summed E-state index contributed by atoms with van der Waals surface area (Å²) in [6.45, 7) is 1.64. The number of phenolic OH excluding ortho intramolecular Hbond substituents is 2. The first-order valence-corrected chi connectivity index (χ1v) is 9.78. The van der Waals surface area contributed by atoms with Gasteiger partial charge in [0.05, 0.1) is 0 Å². The highest BCUT2D eigenvalue weighted by Gasteiger charge is 2.26. The fraction of sp³-hybridized carbons (Fsp3) is 0.167. The van der Waals surface area contributed by atoms with Crippen molar-refractivity contribution in [1.29, 1.82) is 0 Å². The third kappa shape index (κ3) is 4.12. The number of hydrogen-bond donors (Lipinski definition) is 2. The van der Waals surface area contributed by atoms with Crippen molar-refractivity contribution >= 4 is 11.8 Å². The molecule has 1 aliphatic heterocycles. The predicted octanol–water partition coefficient (Wildman–Crippen LogP) is 3.36. The van der Waals surface area contributed by atoms with E-state index in [1.165, 1.54) is 18.2 Å². The van der Waals surface area contributed by atoms with Crippen molar-refractivity contribution in [2.24, 2.45) is 0 Å². The monoisotopic (exact) mass is 402 g/mol.